The Kier molecular flexibility index (Phi) is 6.55. The summed E-state index contributed by atoms with van der Waals surface area (Å²) in [6.45, 7) is 5.62. The maximum atomic E-state index is 12.1. The minimum atomic E-state index is -0.949. The van der Waals surface area contributed by atoms with Crippen LogP contribution < -0.4 is 10.6 Å². The highest BCUT2D eigenvalue weighted by Gasteiger charge is 2.43. The molecule has 0 aromatic heterocycles. The van der Waals surface area contributed by atoms with Gasteiger partial charge in [0.15, 0.2) is 0 Å². The predicted octanol–water partition coefficient (Wildman–Crippen LogP) is 2.30. The van der Waals surface area contributed by atoms with Gasteiger partial charge < -0.3 is 15.4 Å². The second kappa shape index (κ2) is 8.66. The molecular formula is C19H25N3O5. The van der Waals surface area contributed by atoms with Gasteiger partial charge in [-0.05, 0) is 44.5 Å². The van der Waals surface area contributed by atoms with Gasteiger partial charge in [0.2, 0.25) is 5.91 Å². The Bertz CT molecular complexity index is 727. The number of carbonyl (C=O) groups excluding carboxylic acids is 4. The molecule has 8 heteroatoms. The van der Waals surface area contributed by atoms with E-state index < -0.39 is 17.5 Å². The van der Waals surface area contributed by atoms with Gasteiger partial charge in [-0.25, -0.2) is 9.59 Å². The number of imide groups is 1. The van der Waals surface area contributed by atoms with E-state index in [4.69, 9.17) is 4.74 Å². The first-order valence-corrected chi connectivity index (χ1v) is 8.95. The van der Waals surface area contributed by atoms with Crippen LogP contribution in [0.1, 0.15) is 50.4 Å². The average Bonchev–Trinajstić information content (AvgIpc) is 2.81. The highest BCUT2D eigenvalue weighted by molar-refractivity contribution is 6.06. The van der Waals surface area contributed by atoms with Crippen molar-refractivity contribution in [3.05, 3.63) is 29.8 Å². The van der Waals surface area contributed by atoms with E-state index in [1.807, 2.05) is 6.92 Å². The van der Waals surface area contributed by atoms with Crippen molar-refractivity contribution in [2.45, 2.75) is 45.6 Å². The molecule has 1 saturated heterocycles. The molecule has 0 spiro atoms. The molecule has 1 fully saturated rings. The van der Waals surface area contributed by atoms with Crippen LogP contribution in [0.25, 0.3) is 0 Å². The highest BCUT2D eigenvalue weighted by atomic mass is 16.5. The molecule has 1 aliphatic rings. The molecule has 0 bridgehead atoms. The number of rotatable bonds is 8. The fraction of sp³-hybridized carbons (Fsp3) is 0.474. The van der Waals surface area contributed by atoms with Crippen molar-refractivity contribution >= 4 is 29.5 Å². The molecular weight excluding hydrogens is 350 g/mol. The van der Waals surface area contributed by atoms with Crippen molar-refractivity contribution < 1.29 is 23.9 Å². The average molecular weight is 375 g/mol. The number of nitrogens with one attached hydrogen (secondary N) is 2. The van der Waals surface area contributed by atoms with Gasteiger partial charge in [0, 0.05) is 18.7 Å². The van der Waals surface area contributed by atoms with Gasteiger partial charge in [0.05, 0.1) is 12.2 Å². The molecule has 4 amide bonds. The summed E-state index contributed by atoms with van der Waals surface area (Å²) in [5, 5.41) is 5.24. The molecule has 1 heterocycles. The van der Waals surface area contributed by atoms with E-state index in [0.717, 1.165) is 17.7 Å². The van der Waals surface area contributed by atoms with Crippen molar-refractivity contribution in [3.63, 3.8) is 0 Å². The minimum absolute atomic E-state index is 0.00175. The van der Waals surface area contributed by atoms with E-state index in [0.29, 0.717) is 17.9 Å². The van der Waals surface area contributed by atoms with Crippen LogP contribution in [-0.2, 0) is 14.3 Å². The van der Waals surface area contributed by atoms with Crippen LogP contribution in [0.15, 0.2) is 24.3 Å². The smallest absolute Gasteiger partial charge is 0.338 e. The maximum Gasteiger partial charge on any atom is 0.338 e. The highest BCUT2D eigenvalue weighted by Crippen LogP contribution is 2.17. The third kappa shape index (κ3) is 5.29. The van der Waals surface area contributed by atoms with Crippen LogP contribution >= 0.6 is 0 Å². The number of urea groups is 1. The fourth-order valence-electron chi connectivity index (χ4n) is 2.54. The minimum Gasteiger partial charge on any atom is -0.462 e. The van der Waals surface area contributed by atoms with Crippen LogP contribution in [0.2, 0.25) is 0 Å². The van der Waals surface area contributed by atoms with E-state index in [1.165, 1.54) is 0 Å². The van der Waals surface area contributed by atoms with E-state index in [2.05, 4.69) is 10.6 Å². The number of hydrogen-bond donors (Lipinski definition) is 2. The zero-order valence-corrected chi connectivity index (χ0v) is 15.8. The van der Waals surface area contributed by atoms with Gasteiger partial charge in [-0.3, -0.25) is 14.5 Å². The summed E-state index contributed by atoms with van der Waals surface area (Å²) in [6, 6.07) is 5.85. The molecule has 2 N–H and O–H groups in total. The summed E-state index contributed by atoms with van der Waals surface area (Å²) in [6.07, 6.45) is 1.74. The number of esters is 1. The summed E-state index contributed by atoms with van der Waals surface area (Å²) in [5.41, 5.74) is -0.0249. The molecule has 8 nitrogen and oxygen atoms in total. The summed E-state index contributed by atoms with van der Waals surface area (Å²) >= 11 is 0. The lowest BCUT2D eigenvalue weighted by Gasteiger charge is -2.15. The lowest BCUT2D eigenvalue weighted by Crippen LogP contribution is -2.40. The lowest BCUT2D eigenvalue weighted by atomic mass is 10.1. The summed E-state index contributed by atoms with van der Waals surface area (Å²) < 4.78 is 5.12. The lowest BCUT2D eigenvalue weighted by molar-refractivity contribution is -0.130. The molecule has 27 heavy (non-hydrogen) atoms. The van der Waals surface area contributed by atoms with Crippen molar-refractivity contribution in [3.8, 4) is 0 Å². The molecule has 1 aliphatic heterocycles. The van der Waals surface area contributed by atoms with Gasteiger partial charge in [-0.1, -0.05) is 13.3 Å². The SMILES string of the molecule is CCCCOC(=O)c1ccc(NC(=O)CCN2C(=O)NC(C)(C)C2=O)cc1. The summed E-state index contributed by atoms with van der Waals surface area (Å²) in [4.78, 5) is 48.8. The van der Waals surface area contributed by atoms with Crippen LogP contribution in [0, 0.1) is 0 Å². The molecule has 0 radical (unpaired) electrons. The zero-order chi connectivity index (χ0) is 20.0. The van der Waals surface area contributed by atoms with Gasteiger partial charge >= 0.3 is 12.0 Å². The van der Waals surface area contributed by atoms with E-state index in [9.17, 15) is 19.2 Å². The molecule has 1 aromatic rings. The third-order valence-electron chi connectivity index (χ3n) is 4.14. The van der Waals surface area contributed by atoms with E-state index in [1.54, 1.807) is 38.1 Å². The van der Waals surface area contributed by atoms with Gasteiger partial charge in [0.25, 0.3) is 5.91 Å². The molecule has 0 aliphatic carbocycles. The Morgan fingerprint density at radius 2 is 1.85 bits per heavy atom. The van der Waals surface area contributed by atoms with E-state index in [-0.39, 0.29) is 24.8 Å². The largest absolute Gasteiger partial charge is 0.462 e. The van der Waals surface area contributed by atoms with Crippen molar-refractivity contribution in [1.82, 2.24) is 10.2 Å². The fourth-order valence-corrected chi connectivity index (χ4v) is 2.54. The first-order chi connectivity index (χ1) is 12.7. The number of benzene rings is 1. The standard InChI is InChI=1S/C19H25N3O5/c1-4-5-12-27-16(24)13-6-8-14(9-7-13)20-15(23)10-11-22-17(25)19(2,3)21-18(22)26/h6-9H,4-5,10-12H2,1-3H3,(H,20,23)(H,21,26). The normalized spacial score (nSPS) is 15.4. The molecule has 0 atom stereocenters. The summed E-state index contributed by atoms with van der Waals surface area (Å²) in [5.74, 6) is -1.09. The third-order valence-corrected chi connectivity index (χ3v) is 4.14. The van der Waals surface area contributed by atoms with Crippen LogP contribution in [0.5, 0.6) is 0 Å². The van der Waals surface area contributed by atoms with E-state index >= 15 is 0 Å². The number of carbonyl (C=O) groups is 4. The zero-order valence-electron chi connectivity index (χ0n) is 15.8. The number of hydrogen-bond acceptors (Lipinski definition) is 5. The molecule has 146 valence electrons. The molecule has 1 aromatic carbocycles. The number of anilines is 1. The number of nitrogens with zero attached hydrogens (tertiary/aromatic N) is 1. The van der Waals surface area contributed by atoms with Crippen molar-refractivity contribution in [2.75, 3.05) is 18.5 Å². The quantitative estimate of drug-likeness (QED) is 0.412. The predicted molar refractivity (Wildman–Crippen MR) is 99.2 cm³/mol. The Balaban J connectivity index is 1.83. The molecule has 2 rings (SSSR count). The van der Waals surface area contributed by atoms with Gasteiger partial charge in [-0.2, -0.15) is 0 Å². The van der Waals surface area contributed by atoms with Gasteiger partial charge in [0.1, 0.15) is 5.54 Å². The van der Waals surface area contributed by atoms with Crippen molar-refractivity contribution in [1.29, 1.82) is 0 Å². The number of unbranched alkanes of at least 4 members (excludes halogenated alkanes) is 1. The topological polar surface area (TPSA) is 105 Å². The van der Waals surface area contributed by atoms with Crippen LogP contribution in [-0.4, -0.2) is 47.4 Å². The monoisotopic (exact) mass is 375 g/mol. The Morgan fingerprint density at radius 1 is 1.19 bits per heavy atom. The Morgan fingerprint density at radius 3 is 2.41 bits per heavy atom. The maximum absolute atomic E-state index is 12.1. The van der Waals surface area contributed by atoms with Crippen LogP contribution in [0.4, 0.5) is 10.5 Å². The first-order valence-electron chi connectivity index (χ1n) is 8.95. The molecule has 0 saturated carbocycles. The number of amides is 4. The first kappa shape index (κ1) is 20.4. The second-order valence-electron chi connectivity index (χ2n) is 6.88. The van der Waals surface area contributed by atoms with Crippen molar-refractivity contribution in [2.24, 2.45) is 0 Å². The molecule has 0 unspecified atom stereocenters. The Labute approximate surface area is 158 Å². The van der Waals surface area contributed by atoms with Crippen LogP contribution in [0.3, 0.4) is 0 Å². The summed E-state index contributed by atoms with van der Waals surface area (Å²) in [7, 11) is 0. The van der Waals surface area contributed by atoms with Gasteiger partial charge in [-0.15, -0.1) is 0 Å². The Hall–Kier alpha value is -2.90. The number of ether oxygens (including phenoxy) is 1. The second-order valence-corrected chi connectivity index (χ2v) is 6.88.